The number of nitriles is 1. The molecule has 0 aromatic heterocycles. The summed E-state index contributed by atoms with van der Waals surface area (Å²) < 4.78 is 10.4. The summed E-state index contributed by atoms with van der Waals surface area (Å²) in [6.45, 7) is -0.276. The maximum absolute atomic E-state index is 11.7. The second kappa shape index (κ2) is 7.69. The number of halogens is 2. The Balaban J connectivity index is 1.89. The van der Waals surface area contributed by atoms with E-state index in [1.165, 1.54) is 6.07 Å². The maximum atomic E-state index is 11.7. The number of carbonyl (C=O) groups is 1. The Morgan fingerprint density at radius 1 is 1.14 bits per heavy atom. The van der Waals surface area contributed by atoms with Crippen LogP contribution in [0.15, 0.2) is 42.5 Å². The Labute approximate surface area is 137 Å². The first-order valence-electron chi connectivity index (χ1n) is 6.33. The van der Waals surface area contributed by atoms with Crippen molar-refractivity contribution >= 4 is 29.2 Å². The third kappa shape index (κ3) is 4.66. The van der Waals surface area contributed by atoms with Crippen molar-refractivity contribution in [1.29, 1.82) is 5.26 Å². The monoisotopic (exact) mass is 335 g/mol. The summed E-state index contributed by atoms with van der Waals surface area (Å²) in [6, 6.07) is 13.5. The van der Waals surface area contributed by atoms with E-state index in [0.29, 0.717) is 28.0 Å². The molecule has 0 atom stereocenters. The normalized spacial score (nSPS) is 9.86. The van der Waals surface area contributed by atoms with Gasteiger partial charge in [0.15, 0.2) is 6.61 Å². The third-order valence-corrected chi connectivity index (χ3v) is 3.21. The van der Waals surface area contributed by atoms with Gasteiger partial charge in [0, 0.05) is 5.02 Å². The van der Waals surface area contributed by atoms with E-state index in [9.17, 15) is 4.79 Å². The molecule has 22 heavy (non-hydrogen) atoms. The van der Waals surface area contributed by atoms with Crippen molar-refractivity contribution in [1.82, 2.24) is 0 Å². The number of hydrogen-bond donors (Lipinski definition) is 0. The lowest BCUT2D eigenvalue weighted by Crippen LogP contribution is -2.17. The lowest BCUT2D eigenvalue weighted by molar-refractivity contribution is -0.136. The van der Waals surface area contributed by atoms with Crippen molar-refractivity contribution in [2.45, 2.75) is 6.42 Å². The van der Waals surface area contributed by atoms with Gasteiger partial charge in [-0.05, 0) is 35.9 Å². The number of benzene rings is 2. The van der Waals surface area contributed by atoms with E-state index in [1.807, 2.05) is 6.07 Å². The second-order valence-electron chi connectivity index (χ2n) is 4.32. The van der Waals surface area contributed by atoms with Gasteiger partial charge in [-0.15, -0.1) is 0 Å². The zero-order valence-electron chi connectivity index (χ0n) is 11.4. The van der Waals surface area contributed by atoms with Crippen LogP contribution in [0, 0.1) is 11.3 Å². The molecular formula is C16H11Cl2NO3. The summed E-state index contributed by atoms with van der Waals surface area (Å²) in [6.07, 6.45) is 0.312. The number of ether oxygens (including phenoxy) is 2. The second-order valence-corrected chi connectivity index (χ2v) is 5.16. The van der Waals surface area contributed by atoms with Gasteiger partial charge in [0.25, 0.3) is 0 Å². The number of esters is 1. The molecule has 0 N–H and O–H groups in total. The van der Waals surface area contributed by atoms with Crippen molar-refractivity contribution in [2.75, 3.05) is 6.61 Å². The highest BCUT2D eigenvalue weighted by Gasteiger charge is 2.09. The predicted octanol–water partition coefficient (Wildman–Crippen LogP) is 4.04. The highest BCUT2D eigenvalue weighted by molar-refractivity contribution is 6.35. The fourth-order valence-corrected chi connectivity index (χ4v) is 2.12. The quantitative estimate of drug-likeness (QED) is 0.611. The van der Waals surface area contributed by atoms with Crippen LogP contribution in [0.4, 0.5) is 0 Å². The predicted molar refractivity (Wildman–Crippen MR) is 83.4 cm³/mol. The molecule has 0 saturated carbocycles. The van der Waals surface area contributed by atoms with Crippen molar-refractivity contribution in [3.63, 3.8) is 0 Å². The first-order chi connectivity index (χ1) is 10.6. The van der Waals surface area contributed by atoms with Crippen molar-refractivity contribution in [3.05, 3.63) is 58.1 Å². The first kappa shape index (κ1) is 16.2. The Kier molecular flexibility index (Phi) is 5.65. The highest BCUT2D eigenvalue weighted by Crippen LogP contribution is 2.27. The molecule has 0 aliphatic carbocycles. The number of hydrogen-bond acceptors (Lipinski definition) is 4. The summed E-state index contributed by atoms with van der Waals surface area (Å²) in [5.41, 5.74) is 0.853. The fourth-order valence-electron chi connectivity index (χ4n) is 1.66. The maximum Gasteiger partial charge on any atom is 0.349 e. The van der Waals surface area contributed by atoms with Gasteiger partial charge in [-0.3, -0.25) is 0 Å². The molecule has 4 nitrogen and oxygen atoms in total. The van der Waals surface area contributed by atoms with Gasteiger partial charge in [-0.2, -0.15) is 5.26 Å². The van der Waals surface area contributed by atoms with Crippen LogP contribution in [0.2, 0.25) is 10.0 Å². The summed E-state index contributed by atoms with van der Waals surface area (Å²) >= 11 is 11.7. The highest BCUT2D eigenvalue weighted by atomic mass is 35.5. The molecule has 0 bridgehead atoms. The molecule has 112 valence electrons. The van der Waals surface area contributed by atoms with E-state index in [0.717, 1.165) is 5.56 Å². The van der Waals surface area contributed by atoms with Gasteiger partial charge in [0.1, 0.15) is 11.5 Å². The van der Waals surface area contributed by atoms with E-state index in [-0.39, 0.29) is 6.61 Å². The zero-order chi connectivity index (χ0) is 15.9. The van der Waals surface area contributed by atoms with Gasteiger partial charge in [-0.25, -0.2) is 4.79 Å². The minimum Gasteiger partial charge on any atom is -0.480 e. The zero-order valence-corrected chi connectivity index (χ0v) is 12.9. The SMILES string of the molecule is N#CCc1ccc(OC(=O)COc2ccc(Cl)cc2Cl)cc1. The Morgan fingerprint density at radius 2 is 1.86 bits per heavy atom. The molecule has 2 aromatic carbocycles. The van der Waals surface area contributed by atoms with Crippen LogP contribution in [0.5, 0.6) is 11.5 Å². The molecule has 6 heteroatoms. The van der Waals surface area contributed by atoms with Crippen LogP contribution in [-0.4, -0.2) is 12.6 Å². The van der Waals surface area contributed by atoms with Crippen LogP contribution in [0.1, 0.15) is 5.56 Å². The Morgan fingerprint density at radius 3 is 2.50 bits per heavy atom. The number of carbonyl (C=O) groups excluding carboxylic acids is 1. The lowest BCUT2D eigenvalue weighted by atomic mass is 10.2. The van der Waals surface area contributed by atoms with Gasteiger partial charge in [0.05, 0.1) is 17.5 Å². The summed E-state index contributed by atoms with van der Waals surface area (Å²) in [4.78, 5) is 11.7. The van der Waals surface area contributed by atoms with E-state index >= 15 is 0 Å². The fraction of sp³-hybridized carbons (Fsp3) is 0.125. The van der Waals surface area contributed by atoms with Gasteiger partial charge < -0.3 is 9.47 Å². The molecule has 0 radical (unpaired) electrons. The Hall–Kier alpha value is -2.22. The van der Waals surface area contributed by atoms with Crippen molar-refractivity contribution < 1.29 is 14.3 Å². The molecule has 0 amide bonds. The van der Waals surface area contributed by atoms with Crippen LogP contribution < -0.4 is 9.47 Å². The van der Waals surface area contributed by atoms with Crippen molar-refractivity contribution in [2.24, 2.45) is 0 Å². The molecule has 0 aliphatic rings. The first-order valence-corrected chi connectivity index (χ1v) is 7.08. The molecule has 0 fully saturated rings. The molecule has 2 rings (SSSR count). The molecule has 0 unspecified atom stereocenters. The summed E-state index contributed by atoms with van der Waals surface area (Å²) in [5.74, 6) is 0.184. The minimum absolute atomic E-state index is 0.276. The van der Waals surface area contributed by atoms with E-state index in [1.54, 1.807) is 36.4 Å². The van der Waals surface area contributed by atoms with E-state index in [2.05, 4.69) is 0 Å². The van der Waals surface area contributed by atoms with Crippen LogP contribution in [0.25, 0.3) is 0 Å². The van der Waals surface area contributed by atoms with Crippen molar-refractivity contribution in [3.8, 4) is 17.6 Å². The number of nitrogens with zero attached hydrogens (tertiary/aromatic N) is 1. The average Bonchev–Trinajstić information content (AvgIpc) is 2.49. The summed E-state index contributed by atoms with van der Waals surface area (Å²) in [7, 11) is 0. The minimum atomic E-state index is -0.556. The van der Waals surface area contributed by atoms with Gasteiger partial charge >= 0.3 is 5.97 Å². The standard InChI is InChI=1S/C16H11Cl2NO3/c17-12-3-6-15(14(18)9-12)21-10-16(20)22-13-4-1-11(2-5-13)7-8-19/h1-6,9H,7,10H2. The molecular weight excluding hydrogens is 325 g/mol. The summed E-state index contributed by atoms with van der Waals surface area (Å²) in [5, 5.41) is 9.39. The Bertz CT molecular complexity index is 708. The van der Waals surface area contributed by atoms with E-state index < -0.39 is 5.97 Å². The van der Waals surface area contributed by atoms with Crippen LogP contribution >= 0.6 is 23.2 Å². The smallest absolute Gasteiger partial charge is 0.349 e. The van der Waals surface area contributed by atoms with E-state index in [4.69, 9.17) is 37.9 Å². The average molecular weight is 336 g/mol. The van der Waals surface area contributed by atoms with Gasteiger partial charge in [-0.1, -0.05) is 35.3 Å². The molecule has 0 saturated heterocycles. The molecule has 0 spiro atoms. The lowest BCUT2D eigenvalue weighted by Gasteiger charge is -2.08. The van der Waals surface area contributed by atoms with Gasteiger partial charge in [0.2, 0.25) is 0 Å². The van der Waals surface area contributed by atoms with Crippen LogP contribution in [0.3, 0.4) is 0 Å². The number of rotatable bonds is 5. The molecule has 0 heterocycles. The topological polar surface area (TPSA) is 59.3 Å². The third-order valence-electron chi connectivity index (χ3n) is 2.68. The molecule has 0 aliphatic heterocycles. The van der Waals surface area contributed by atoms with Crippen LogP contribution in [-0.2, 0) is 11.2 Å². The molecule has 2 aromatic rings. The largest absolute Gasteiger partial charge is 0.480 e.